The van der Waals surface area contributed by atoms with Gasteiger partial charge in [0.15, 0.2) is 17.3 Å². The van der Waals surface area contributed by atoms with Gasteiger partial charge in [-0.15, -0.1) is 0 Å². The Hall–Kier alpha value is -2.13. The average molecular weight is 343 g/mol. The third-order valence-electron chi connectivity index (χ3n) is 2.87. The monoisotopic (exact) mass is 343 g/mol. The summed E-state index contributed by atoms with van der Waals surface area (Å²) in [5.41, 5.74) is 0. The van der Waals surface area contributed by atoms with E-state index in [-0.39, 0.29) is 17.3 Å². The van der Waals surface area contributed by atoms with Crippen LogP contribution in [0.3, 0.4) is 0 Å². The predicted molar refractivity (Wildman–Crippen MR) is 78.9 cm³/mol. The van der Waals surface area contributed by atoms with E-state index in [2.05, 4.69) is 9.46 Å². The molecule has 9 heteroatoms. The summed E-state index contributed by atoms with van der Waals surface area (Å²) >= 11 is 0. The van der Waals surface area contributed by atoms with Crippen LogP contribution >= 0.6 is 0 Å². The SMILES string of the molecule is CC(=O)COC(=O)CNS(=O)(=O)c1ccc2c(c1)OCCCO2. The van der Waals surface area contributed by atoms with Crippen LogP contribution in [-0.2, 0) is 24.3 Å². The average Bonchev–Trinajstić information content (AvgIpc) is 2.75. The standard InChI is InChI=1S/C14H17NO7S/c1-10(16)9-22-14(17)8-15-23(18,19)11-3-4-12-13(7-11)21-6-2-5-20-12/h3-4,7,15H,2,5-6,8-9H2,1H3. The minimum Gasteiger partial charge on any atom is -0.490 e. The third kappa shape index (κ3) is 4.93. The van der Waals surface area contributed by atoms with Crippen molar-refractivity contribution in [1.82, 2.24) is 4.72 Å². The fourth-order valence-corrected chi connectivity index (χ4v) is 2.77. The number of ether oxygens (including phenoxy) is 3. The molecule has 1 aliphatic rings. The number of ketones is 1. The maximum atomic E-state index is 12.2. The molecule has 2 rings (SSSR count). The summed E-state index contributed by atoms with van der Waals surface area (Å²) in [7, 11) is -3.91. The van der Waals surface area contributed by atoms with Gasteiger partial charge in [-0.3, -0.25) is 9.59 Å². The first kappa shape index (κ1) is 17.2. The third-order valence-corrected chi connectivity index (χ3v) is 4.27. The highest BCUT2D eigenvalue weighted by Gasteiger charge is 2.20. The van der Waals surface area contributed by atoms with E-state index in [1.165, 1.54) is 25.1 Å². The maximum Gasteiger partial charge on any atom is 0.321 e. The quantitative estimate of drug-likeness (QED) is 0.738. The fraction of sp³-hybridized carbons (Fsp3) is 0.429. The van der Waals surface area contributed by atoms with E-state index in [4.69, 9.17) is 9.47 Å². The first-order valence-electron chi connectivity index (χ1n) is 6.93. The first-order valence-corrected chi connectivity index (χ1v) is 8.41. The van der Waals surface area contributed by atoms with Crippen molar-refractivity contribution in [2.75, 3.05) is 26.4 Å². The van der Waals surface area contributed by atoms with Crippen molar-refractivity contribution in [2.45, 2.75) is 18.2 Å². The van der Waals surface area contributed by atoms with Gasteiger partial charge in [0.2, 0.25) is 10.0 Å². The van der Waals surface area contributed by atoms with Crippen molar-refractivity contribution in [2.24, 2.45) is 0 Å². The lowest BCUT2D eigenvalue weighted by Crippen LogP contribution is -2.31. The van der Waals surface area contributed by atoms with E-state index in [1.54, 1.807) is 0 Å². The highest BCUT2D eigenvalue weighted by Crippen LogP contribution is 2.31. The smallest absolute Gasteiger partial charge is 0.321 e. The van der Waals surface area contributed by atoms with Crippen LogP contribution < -0.4 is 14.2 Å². The number of benzene rings is 1. The second-order valence-corrected chi connectivity index (χ2v) is 6.61. The molecule has 0 saturated carbocycles. The van der Waals surface area contributed by atoms with Crippen molar-refractivity contribution in [3.8, 4) is 11.5 Å². The number of rotatable bonds is 6. The highest BCUT2D eigenvalue weighted by molar-refractivity contribution is 7.89. The molecule has 0 unspecified atom stereocenters. The molecule has 0 bridgehead atoms. The maximum absolute atomic E-state index is 12.2. The van der Waals surface area contributed by atoms with Crippen LogP contribution in [0.15, 0.2) is 23.1 Å². The molecular formula is C14H17NO7S. The van der Waals surface area contributed by atoms with E-state index in [0.717, 1.165) is 0 Å². The highest BCUT2D eigenvalue weighted by atomic mass is 32.2. The molecule has 0 fully saturated rings. The van der Waals surface area contributed by atoms with E-state index < -0.39 is 22.5 Å². The molecule has 0 spiro atoms. The molecule has 1 aliphatic heterocycles. The van der Waals surface area contributed by atoms with Crippen molar-refractivity contribution in [1.29, 1.82) is 0 Å². The van der Waals surface area contributed by atoms with Crippen LogP contribution in [0.25, 0.3) is 0 Å². The van der Waals surface area contributed by atoms with Gasteiger partial charge in [0.1, 0.15) is 13.2 Å². The summed E-state index contributed by atoms with van der Waals surface area (Å²) in [4.78, 5) is 22.0. The molecule has 0 saturated heterocycles. The number of Topliss-reactive ketones (excluding diaryl/α,β-unsaturated/α-hetero) is 1. The van der Waals surface area contributed by atoms with Crippen molar-refractivity contribution < 1.29 is 32.2 Å². The molecule has 1 aromatic carbocycles. The molecule has 126 valence electrons. The fourth-order valence-electron chi connectivity index (χ4n) is 1.78. The Morgan fingerprint density at radius 2 is 1.91 bits per heavy atom. The number of fused-ring (bicyclic) bond motifs is 1. The van der Waals surface area contributed by atoms with Crippen LogP contribution in [0.4, 0.5) is 0 Å². The van der Waals surface area contributed by atoms with Gasteiger partial charge < -0.3 is 14.2 Å². The van der Waals surface area contributed by atoms with Crippen molar-refractivity contribution in [3.05, 3.63) is 18.2 Å². The number of hydrogen-bond donors (Lipinski definition) is 1. The molecule has 0 radical (unpaired) electrons. The molecule has 0 amide bonds. The van der Waals surface area contributed by atoms with Gasteiger partial charge in [-0.1, -0.05) is 0 Å². The van der Waals surface area contributed by atoms with Gasteiger partial charge in [0.05, 0.1) is 18.1 Å². The minimum absolute atomic E-state index is 0.0545. The van der Waals surface area contributed by atoms with E-state index >= 15 is 0 Å². The van der Waals surface area contributed by atoms with Gasteiger partial charge in [-0.05, 0) is 19.1 Å². The van der Waals surface area contributed by atoms with E-state index in [1.807, 2.05) is 0 Å². The number of sulfonamides is 1. The summed E-state index contributed by atoms with van der Waals surface area (Å²) in [6, 6.07) is 4.20. The Labute approximate surface area is 133 Å². The molecule has 0 aliphatic carbocycles. The number of esters is 1. The van der Waals surface area contributed by atoms with Gasteiger partial charge in [0.25, 0.3) is 0 Å². The summed E-state index contributed by atoms with van der Waals surface area (Å²) in [6.07, 6.45) is 0.705. The lowest BCUT2D eigenvalue weighted by Gasteiger charge is -2.10. The number of hydrogen-bond acceptors (Lipinski definition) is 7. The molecule has 0 aromatic heterocycles. The minimum atomic E-state index is -3.91. The van der Waals surface area contributed by atoms with Crippen molar-refractivity contribution >= 4 is 21.8 Å². The summed E-state index contributed by atoms with van der Waals surface area (Å²) in [5.74, 6) is -0.353. The summed E-state index contributed by atoms with van der Waals surface area (Å²) in [6.45, 7) is 1.24. The zero-order valence-electron chi connectivity index (χ0n) is 12.5. The Balaban J connectivity index is 2.03. The number of nitrogens with one attached hydrogen (secondary N) is 1. The molecule has 8 nitrogen and oxygen atoms in total. The second kappa shape index (κ2) is 7.42. The van der Waals surface area contributed by atoms with Crippen LogP contribution in [0.1, 0.15) is 13.3 Å². The summed E-state index contributed by atoms with van der Waals surface area (Å²) in [5, 5.41) is 0. The lowest BCUT2D eigenvalue weighted by atomic mass is 10.3. The predicted octanol–water partition coefficient (Wildman–Crippen LogP) is 0.258. The van der Waals surface area contributed by atoms with Gasteiger partial charge in [-0.2, -0.15) is 4.72 Å². The Bertz CT molecular complexity index is 699. The van der Waals surface area contributed by atoms with Gasteiger partial charge in [0, 0.05) is 12.5 Å². The molecule has 1 N–H and O–H groups in total. The normalized spacial score (nSPS) is 14.0. The Morgan fingerprint density at radius 1 is 1.22 bits per heavy atom. The van der Waals surface area contributed by atoms with Crippen LogP contribution in [0.2, 0.25) is 0 Å². The molecule has 23 heavy (non-hydrogen) atoms. The zero-order chi connectivity index (χ0) is 16.9. The van der Waals surface area contributed by atoms with E-state index in [9.17, 15) is 18.0 Å². The molecule has 1 aromatic rings. The topological polar surface area (TPSA) is 108 Å². The Morgan fingerprint density at radius 3 is 2.61 bits per heavy atom. The molecule has 0 atom stereocenters. The van der Waals surface area contributed by atoms with Crippen LogP contribution in [0.5, 0.6) is 11.5 Å². The van der Waals surface area contributed by atoms with Crippen LogP contribution in [-0.4, -0.2) is 46.5 Å². The van der Waals surface area contributed by atoms with Gasteiger partial charge in [-0.25, -0.2) is 8.42 Å². The zero-order valence-corrected chi connectivity index (χ0v) is 13.4. The number of carbonyl (C=O) groups is 2. The first-order chi connectivity index (χ1) is 10.9. The molecular weight excluding hydrogens is 326 g/mol. The second-order valence-electron chi connectivity index (χ2n) is 4.85. The van der Waals surface area contributed by atoms with E-state index in [0.29, 0.717) is 31.1 Å². The summed E-state index contributed by atoms with van der Waals surface area (Å²) < 4.78 is 41.9. The lowest BCUT2D eigenvalue weighted by molar-refractivity contribution is -0.146. The van der Waals surface area contributed by atoms with Gasteiger partial charge >= 0.3 is 5.97 Å². The Kier molecular flexibility index (Phi) is 5.56. The molecule has 1 heterocycles. The van der Waals surface area contributed by atoms with Crippen molar-refractivity contribution in [3.63, 3.8) is 0 Å². The van der Waals surface area contributed by atoms with Crippen LogP contribution in [0, 0.1) is 0 Å². The largest absolute Gasteiger partial charge is 0.490 e. The number of carbonyl (C=O) groups excluding carboxylic acids is 2.